The fourth-order valence-corrected chi connectivity index (χ4v) is 1.83. The third-order valence-corrected chi connectivity index (χ3v) is 2.66. The van der Waals surface area contributed by atoms with E-state index in [1.54, 1.807) is 0 Å². The molecule has 15 heavy (non-hydrogen) atoms. The molecule has 1 aromatic rings. The third kappa shape index (κ3) is 1.55. The minimum atomic E-state index is 0.119. The van der Waals surface area contributed by atoms with Crippen LogP contribution < -0.4 is 5.43 Å². The van der Waals surface area contributed by atoms with Crippen molar-refractivity contribution in [1.29, 1.82) is 0 Å². The zero-order valence-corrected chi connectivity index (χ0v) is 9.24. The quantitative estimate of drug-likeness (QED) is 0.701. The minimum Gasteiger partial charge on any atom is -0.228 e. The van der Waals surface area contributed by atoms with Crippen LogP contribution in [0.25, 0.3) is 5.70 Å². The van der Waals surface area contributed by atoms with Crippen molar-refractivity contribution in [2.24, 2.45) is 0 Å². The summed E-state index contributed by atoms with van der Waals surface area (Å²) in [5.74, 6) is 0.119. The minimum absolute atomic E-state index is 0.119. The monoisotopic (exact) mass is 203 g/mol. The smallest absolute Gasteiger partial charge is 0.228 e. The van der Waals surface area contributed by atoms with E-state index in [4.69, 9.17) is 0 Å². The van der Waals surface area contributed by atoms with Gasteiger partial charge in [-0.3, -0.25) is 0 Å². The van der Waals surface area contributed by atoms with Crippen molar-refractivity contribution in [2.75, 3.05) is 14.1 Å². The Kier molecular flexibility index (Phi) is 2.12. The van der Waals surface area contributed by atoms with Gasteiger partial charge in [-0.05, 0) is 6.92 Å². The lowest BCUT2D eigenvalue weighted by molar-refractivity contribution is -0.845. The van der Waals surface area contributed by atoms with E-state index < -0.39 is 0 Å². The molecule has 0 radical (unpaired) electrons. The molecule has 0 saturated carbocycles. The van der Waals surface area contributed by atoms with E-state index in [0.717, 1.165) is 16.8 Å². The summed E-state index contributed by atoms with van der Waals surface area (Å²) in [5.41, 5.74) is 6.01. The first-order chi connectivity index (χ1) is 7.02. The van der Waals surface area contributed by atoms with Gasteiger partial charge in [-0.25, -0.2) is 10.2 Å². The number of carbonyl (C=O) groups excluding carboxylic acids is 1. The molecule has 2 rings (SSSR count). The number of nitrogens with zero attached hydrogens (tertiary/aromatic N) is 1. The SMILES string of the molecule is CC1=C(c2ccccc2)N[N+](C)(C)C1=O. The second-order valence-electron chi connectivity index (χ2n) is 4.24. The summed E-state index contributed by atoms with van der Waals surface area (Å²) >= 11 is 0. The molecule has 3 nitrogen and oxygen atoms in total. The Balaban J connectivity index is 2.45. The van der Waals surface area contributed by atoms with Gasteiger partial charge in [-0.2, -0.15) is 4.59 Å². The Morgan fingerprint density at radius 2 is 1.73 bits per heavy atom. The molecule has 78 valence electrons. The van der Waals surface area contributed by atoms with Crippen LogP contribution in [0.2, 0.25) is 0 Å². The van der Waals surface area contributed by atoms with Gasteiger partial charge in [0.05, 0.1) is 19.7 Å². The van der Waals surface area contributed by atoms with Crippen LogP contribution in [0.1, 0.15) is 12.5 Å². The predicted molar refractivity (Wildman–Crippen MR) is 59.3 cm³/mol. The lowest BCUT2D eigenvalue weighted by Crippen LogP contribution is -2.50. The zero-order valence-electron chi connectivity index (χ0n) is 9.24. The molecular formula is C12H15N2O+. The summed E-state index contributed by atoms with van der Waals surface area (Å²) in [6, 6.07) is 9.92. The van der Waals surface area contributed by atoms with Crippen LogP contribution in [0.4, 0.5) is 0 Å². The van der Waals surface area contributed by atoms with Gasteiger partial charge in [0.1, 0.15) is 5.70 Å². The van der Waals surface area contributed by atoms with Gasteiger partial charge >= 0.3 is 5.91 Å². The normalized spacial score (nSPS) is 19.3. The van der Waals surface area contributed by atoms with Crippen LogP contribution >= 0.6 is 0 Å². The van der Waals surface area contributed by atoms with Crippen LogP contribution in [0.5, 0.6) is 0 Å². The van der Waals surface area contributed by atoms with Crippen LogP contribution in [0.3, 0.4) is 0 Å². The Labute approximate surface area is 89.6 Å². The summed E-state index contributed by atoms with van der Waals surface area (Å²) in [6.07, 6.45) is 0. The average molecular weight is 203 g/mol. The fraction of sp³-hybridized carbons (Fsp3) is 0.250. The highest BCUT2D eigenvalue weighted by Crippen LogP contribution is 2.25. The Morgan fingerprint density at radius 3 is 2.20 bits per heavy atom. The molecule has 0 fully saturated rings. The summed E-state index contributed by atoms with van der Waals surface area (Å²) in [5, 5.41) is 0. The molecule has 0 saturated heterocycles. The zero-order chi connectivity index (χ0) is 11.1. The molecule has 1 aromatic carbocycles. The second-order valence-corrected chi connectivity index (χ2v) is 4.24. The van der Waals surface area contributed by atoms with E-state index in [1.165, 1.54) is 0 Å². The largest absolute Gasteiger partial charge is 0.367 e. The lowest BCUT2D eigenvalue weighted by atomic mass is 10.1. The first-order valence-corrected chi connectivity index (χ1v) is 4.96. The predicted octanol–water partition coefficient (Wildman–Crippen LogP) is 1.54. The highest BCUT2D eigenvalue weighted by Gasteiger charge is 2.38. The van der Waals surface area contributed by atoms with Crippen LogP contribution in [0, 0.1) is 0 Å². The highest BCUT2D eigenvalue weighted by molar-refractivity contribution is 5.98. The molecule has 1 amide bonds. The lowest BCUT2D eigenvalue weighted by Gasteiger charge is -2.21. The molecular weight excluding hydrogens is 188 g/mol. The first kappa shape index (κ1) is 9.93. The summed E-state index contributed by atoms with van der Waals surface area (Å²) in [6.45, 7) is 1.87. The van der Waals surface area contributed by atoms with E-state index in [2.05, 4.69) is 5.43 Å². The van der Waals surface area contributed by atoms with Crippen LogP contribution in [-0.4, -0.2) is 24.6 Å². The van der Waals surface area contributed by atoms with Crippen molar-refractivity contribution in [2.45, 2.75) is 6.92 Å². The van der Waals surface area contributed by atoms with Crippen molar-refractivity contribution in [3.63, 3.8) is 0 Å². The van der Waals surface area contributed by atoms with Gasteiger partial charge in [0, 0.05) is 5.56 Å². The van der Waals surface area contributed by atoms with Gasteiger partial charge < -0.3 is 0 Å². The Hall–Kier alpha value is -1.61. The maximum absolute atomic E-state index is 11.9. The molecule has 0 unspecified atom stereocenters. The number of hydrogen-bond acceptors (Lipinski definition) is 2. The number of hydrogen-bond donors (Lipinski definition) is 1. The van der Waals surface area contributed by atoms with E-state index >= 15 is 0 Å². The third-order valence-electron chi connectivity index (χ3n) is 2.66. The fourth-order valence-electron chi connectivity index (χ4n) is 1.83. The molecule has 0 spiro atoms. The second kappa shape index (κ2) is 3.21. The number of amides is 1. The number of quaternary nitrogens is 1. The van der Waals surface area contributed by atoms with E-state index in [1.807, 2.05) is 51.4 Å². The van der Waals surface area contributed by atoms with Crippen molar-refractivity contribution in [3.05, 3.63) is 41.5 Å². The maximum atomic E-state index is 11.9. The Morgan fingerprint density at radius 1 is 1.13 bits per heavy atom. The van der Waals surface area contributed by atoms with Gasteiger partial charge in [0.2, 0.25) is 0 Å². The molecule has 1 N–H and O–H groups in total. The van der Waals surface area contributed by atoms with Gasteiger partial charge in [0.15, 0.2) is 0 Å². The molecule has 1 aliphatic heterocycles. The molecule has 0 bridgehead atoms. The van der Waals surface area contributed by atoms with Gasteiger partial charge in [-0.1, -0.05) is 30.3 Å². The number of benzene rings is 1. The van der Waals surface area contributed by atoms with E-state index in [-0.39, 0.29) is 10.5 Å². The van der Waals surface area contributed by atoms with Crippen molar-refractivity contribution in [3.8, 4) is 0 Å². The summed E-state index contributed by atoms with van der Waals surface area (Å²) in [7, 11) is 3.70. The molecule has 1 heterocycles. The van der Waals surface area contributed by atoms with E-state index in [0.29, 0.717) is 0 Å². The number of rotatable bonds is 1. The van der Waals surface area contributed by atoms with Gasteiger partial charge in [0.25, 0.3) is 0 Å². The van der Waals surface area contributed by atoms with E-state index in [9.17, 15) is 4.79 Å². The van der Waals surface area contributed by atoms with Crippen LogP contribution in [0.15, 0.2) is 35.9 Å². The van der Waals surface area contributed by atoms with Crippen molar-refractivity contribution >= 4 is 11.6 Å². The first-order valence-electron chi connectivity index (χ1n) is 4.96. The summed E-state index contributed by atoms with van der Waals surface area (Å²) in [4.78, 5) is 11.9. The molecule has 0 aliphatic carbocycles. The van der Waals surface area contributed by atoms with Crippen molar-refractivity contribution in [1.82, 2.24) is 5.43 Å². The summed E-state index contributed by atoms with van der Waals surface area (Å²) < 4.78 is 0.191. The molecule has 0 atom stereocenters. The molecule has 0 aromatic heterocycles. The topological polar surface area (TPSA) is 29.1 Å². The maximum Gasteiger partial charge on any atom is 0.367 e. The van der Waals surface area contributed by atoms with Gasteiger partial charge in [-0.15, -0.1) is 0 Å². The molecule has 3 heteroatoms. The number of carbonyl (C=O) groups is 1. The molecule has 1 aliphatic rings. The number of nitrogens with one attached hydrogen (secondary N) is 1. The van der Waals surface area contributed by atoms with Crippen LogP contribution in [-0.2, 0) is 4.79 Å². The number of likely N-dealkylation sites (N-methyl/N-ethyl adjacent to an activating group) is 1. The average Bonchev–Trinajstić information content (AvgIpc) is 2.44. The highest BCUT2D eigenvalue weighted by atomic mass is 16.2. The van der Waals surface area contributed by atoms with Crippen molar-refractivity contribution < 1.29 is 9.39 Å². The standard InChI is InChI=1S/C12H14N2O/c1-9-11(10-7-5-4-6-8-10)13-14(2,3)12(9)15/h4-8H,1-3H3/p+1. The Bertz CT molecular complexity index is 432.